The van der Waals surface area contributed by atoms with Crippen LogP contribution in [-0.2, 0) is 11.3 Å². The van der Waals surface area contributed by atoms with E-state index in [1.165, 1.54) is 5.56 Å². The molecule has 1 fully saturated rings. The van der Waals surface area contributed by atoms with E-state index in [-0.39, 0.29) is 5.91 Å². The van der Waals surface area contributed by atoms with Crippen molar-refractivity contribution in [3.05, 3.63) is 70.7 Å². The lowest BCUT2D eigenvalue weighted by atomic mass is 10.0. The van der Waals surface area contributed by atoms with Crippen molar-refractivity contribution in [3.8, 4) is 0 Å². The second kappa shape index (κ2) is 9.14. The van der Waals surface area contributed by atoms with Crippen LogP contribution in [-0.4, -0.2) is 47.1 Å². The van der Waals surface area contributed by atoms with E-state index in [9.17, 15) is 10.0 Å². The number of nitrogens with zero attached hydrogens (tertiary/aromatic N) is 2. The molecule has 0 saturated carbocycles. The van der Waals surface area contributed by atoms with Gasteiger partial charge in [-0.05, 0) is 36.2 Å². The smallest absolute Gasteiger partial charge is 0.265 e. The summed E-state index contributed by atoms with van der Waals surface area (Å²) in [5, 5.41) is 9.94. The van der Waals surface area contributed by atoms with Gasteiger partial charge in [0.1, 0.15) is 6.04 Å². The van der Waals surface area contributed by atoms with Crippen molar-refractivity contribution in [1.82, 2.24) is 15.3 Å². The Morgan fingerprint density at radius 1 is 1.04 bits per heavy atom. The molecule has 1 amide bonds. The highest BCUT2D eigenvalue weighted by Gasteiger charge is 2.29. The molecule has 0 aliphatic carbocycles. The van der Waals surface area contributed by atoms with Gasteiger partial charge in [-0.25, -0.2) is 5.48 Å². The van der Waals surface area contributed by atoms with Crippen LogP contribution in [0.2, 0.25) is 5.02 Å². The van der Waals surface area contributed by atoms with Crippen LogP contribution in [0.5, 0.6) is 0 Å². The third-order valence-corrected chi connectivity index (χ3v) is 5.03. The van der Waals surface area contributed by atoms with E-state index in [0.29, 0.717) is 0 Å². The summed E-state index contributed by atoms with van der Waals surface area (Å²) in [4.78, 5) is 16.8. The van der Waals surface area contributed by atoms with Crippen LogP contribution in [0.25, 0.3) is 0 Å². The molecular weight excluding hydrogens is 350 g/mol. The van der Waals surface area contributed by atoms with Crippen LogP contribution >= 0.6 is 11.6 Å². The lowest BCUT2D eigenvalue weighted by Crippen LogP contribution is -2.41. The first-order chi connectivity index (χ1) is 12.7. The molecule has 0 aromatic heterocycles. The fraction of sp³-hybridized carbons (Fsp3) is 0.350. The lowest BCUT2D eigenvalue weighted by molar-refractivity contribution is -0.135. The van der Waals surface area contributed by atoms with Gasteiger partial charge < -0.3 is 0 Å². The van der Waals surface area contributed by atoms with Gasteiger partial charge in [0, 0.05) is 31.2 Å². The van der Waals surface area contributed by atoms with E-state index in [0.717, 1.165) is 49.7 Å². The van der Waals surface area contributed by atoms with Crippen molar-refractivity contribution in [2.75, 3.05) is 26.2 Å². The molecule has 2 aromatic rings. The highest BCUT2D eigenvalue weighted by molar-refractivity contribution is 6.30. The van der Waals surface area contributed by atoms with Gasteiger partial charge in [0.2, 0.25) is 0 Å². The summed E-state index contributed by atoms with van der Waals surface area (Å²) in [5.74, 6) is -0.387. The van der Waals surface area contributed by atoms with Gasteiger partial charge in [0.25, 0.3) is 5.91 Å². The summed E-state index contributed by atoms with van der Waals surface area (Å²) in [7, 11) is 0. The molecule has 6 heteroatoms. The van der Waals surface area contributed by atoms with Crippen molar-refractivity contribution in [2.45, 2.75) is 19.0 Å². The first kappa shape index (κ1) is 18.9. The number of carbonyl (C=O) groups excluding carboxylic acids is 1. The number of hydroxylamine groups is 1. The van der Waals surface area contributed by atoms with E-state index in [1.54, 1.807) is 0 Å². The van der Waals surface area contributed by atoms with Crippen molar-refractivity contribution in [3.63, 3.8) is 0 Å². The van der Waals surface area contributed by atoms with E-state index in [2.05, 4.69) is 21.9 Å². The largest absolute Gasteiger partial charge is 0.298 e. The number of halogens is 1. The molecule has 2 N–H and O–H groups in total. The zero-order valence-corrected chi connectivity index (χ0v) is 15.4. The Kier molecular flexibility index (Phi) is 6.63. The minimum Gasteiger partial charge on any atom is -0.298 e. The Hall–Kier alpha value is -1.92. The zero-order valence-electron chi connectivity index (χ0n) is 14.6. The molecule has 3 rings (SSSR count). The van der Waals surface area contributed by atoms with Crippen LogP contribution in [0, 0.1) is 0 Å². The number of rotatable bonds is 5. The quantitative estimate of drug-likeness (QED) is 0.624. The number of hydrogen-bond donors (Lipinski definition) is 2. The summed E-state index contributed by atoms with van der Waals surface area (Å²) < 4.78 is 0. The SMILES string of the molecule is O=C(NO)C(c1ccccc1)N1CCCN(Cc2ccc(Cl)cc2)CC1. The maximum absolute atomic E-state index is 12.3. The molecule has 1 atom stereocenters. The second-order valence-electron chi connectivity index (χ2n) is 6.58. The number of nitrogens with one attached hydrogen (secondary N) is 1. The molecule has 1 aliphatic rings. The summed E-state index contributed by atoms with van der Waals surface area (Å²) >= 11 is 5.96. The summed E-state index contributed by atoms with van der Waals surface area (Å²) in [6.45, 7) is 4.28. The molecule has 1 unspecified atom stereocenters. The highest BCUT2D eigenvalue weighted by Crippen LogP contribution is 2.23. The van der Waals surface area contributed by atoms with Crippen LogP contribution in [0.15, 0.2) is 54.6 Å². The number of carbonyl (C=O) groups is 1. The molecule has 1 saturated heterocycles. The van der Waals surface area contributed by atoms with E-state index in [1.807, 2.05) is 47.9 Å². The van der Waals surface area contributed by atoms with Gasteiger partial charge in [0.05, 0.1) is 0 Å². The third-order valence-electron chi connectivity index (χ3n) is 4.78. The van der Waals surface area contributed by atoms with Crippen LogP contribution in [0.3, 0.4) is 0 Å². The Morgan fingerprint density at radius 2 is 1.77 bits per heavy atom. The van der Waals surface area contributed by atoms with Gasteiger partial charge >= 0.3 is 0 Å². The van der Waals surface area contributed by atoms with Gasteiger partial charge in [-0.3, -0.25) is 19.8 Å². The topological polar surface area (TPSA) is 55.8 Å². The third kappa shape index (κ3) is 4.83. The average molecular weight is 374 g/mol. The van der Waals surface area contributed by atoms with Crippen molar-refractivity contribution in [1.29, 1.82) is 0 Å². The molecule has 1 heterocycles. The minimum absolute atomic E-state index is 0.387. The average Bonchev–Trinajstić information content (AvgIpc) is 2.90. The first-order valence-corrected chi connectivity index (χ1v) is 9.25. The number of hydrogen-bond acceptors (Lipinski definition) is 4. The second-order valence-corrected chi connectivity index (χ2v) is 7.02. The minimum atomic E-state index is -0.475. The molecule has 138 valence electrons. The monoisotopic (exact) mass is 373 g/mol. The molecule has 5 nitrogen and oxygen atoms in total. The molecule has 1 aliphatic heterocycles. The maximum atomic E-state index is 12.3. The maximum Gasteiger partial charge on any atom is 0.265 e. The standard InChI is InChI=1S/C20H24ClN3O2/c21-18-9-7-16(8-10-18)15-23-11-4-12-24(14-13-23)19(20(25)22-26)17-5-2-1-3-6-17/h1-3,5-10,19,26H,4,11-15H2,(H,22,25). The fourth-order valence-electron chi connectivity index (χ4n) is 3.48. The van der Waals surface area contributed by atoms with Gasteiger partial charge in [-0.2, -0.15) is 0 Å². The summed E-state index contributed by atoms with van der Waals surface area (Å²) in [5.41, 5.74) is 3.96. The Bertz CT molecular complexity index is 709. The van der Waals surface area contributed by atoms with Gasteiger partial charge in [-0.15, -0.1) is 0 Å². The fourth-order valence-corrected chi connectivity index (χ4v) is 3.61. The normalized spacial score (nSPS) is 17.5. The van der Waals surface area contributed by atoms with Crippen LogP contribution in [0.1, 0.15) is 23.6 Å². The predicted molar refractivity (Wildman–Crippen MR) is 102 cm³/mol. The molecule has 0 radical (unpaired) electrons. The Balaban J connectivity index is 1.67. The van der Waals surface area contributed by atoms with Crippen molar-refractivity contribution >= 4 is 17.5 Å². The van der Waals surface area contributed by atoms with Gasteiger partial charge in [0.15, 0.2) is 0 Å². The molecule has 2 aromatic carbocycles. The van der Waals surface area contributed by atoms with E-state index >= 15 is 0 Å². The summed E-state index contributed by atoms with van der Waals surface area (Å²) in [6, 6.07) is 17.1. The van der Waals surface area contributed by atoms with Crippen molar-refractivity contribution < 1.29 is 10.0 Å². The summed E-state index contributed by atoms with van der Waals surface area (Å²) in [6.07, 6.45) is 0.968. The Morgan fingerprint density at radius 3 is 2.46 bits per heavy atom. The van der Waals surface area contributed by atoms with Gasteiger partial charge in [-0.1, -0.05) is 54.1 Å². The lowest BCUT2D eigenvalue weighted by Gasteiger charge is -2.29. The van der Waals surface area contributed by atoms with Crippen LogP contribution < -0.4 is 5.48 Å². The molecular formula is C20H24ClN3O2. The zero-order chi connectivity index (χ0) is 18.4. The highest BCUT2D eigenvalue weighted by atomic mass is 35.5. The number of amides is 1. The van der Waals surface area contributed by atoms with Crippen molar-refractivity contribution in [2.24, 2.45) is 0 Å². The van der Waals surface area contributed by atoms with E-state index in [4.69, 9.17) is 11.6 Å². The van der Waals surface area contributed by atoms with Crippen LogP contribution in [0.4, 0.5) is 0 Å². The predicted octanol–water partition coefficient (Wildman–Crippen LogP) is 3.09. The molecule has 0 spiro atoms. The van der Waals surface area contributed by atoms with E-state index < -0.39 is 6.04 Å². The Labute approximate surface area is 159 Å². The first-order valence-electron chi connectivity index (χ1n) is 8.87. The molecule has 0 bridgehead atoms. The molecule has 26 heavy (non-hydrogen) atoms. The number of benzene rings is 2.